The van der Waals surface area contributed by atoms with Crippen molar-refractivity contribution in [3.8, 4) is 5.69 Å². The maximum Gasteiger partial charge on any atom is 0.416 e. The Morgan fingerprint density at radius 2 is 1.68 bits per heavy atom. The number of rotatable bonds is 4. The highest BCUT2D eigenvalue weighted by Gasteiger charge is 2.31. The first kappa shape index (κ1) is 19.3. The molecule has 28 heavy (non-hydrogen) atoms. The lowest BCUT2D eigenvalue weighted by Gasteiger charge is -2.09. The van der Waals surface area contributed by atoms with Gasteiger partial charge in [0.2, 0.25) is 0 Å². The summed E-state index contributed by atoms with van der Waals surface area (Å²) in [6.07, 6.45) is -4.55. The summed E-state index contributed by atoms with van der Waals surface area (Å²) >= 11 is 0. The number of aromatic nitrogens is 2. The number of nitrogens with one attached hydrogen (secondary N) is 1. The maximum atomic E-state index is 12.8. The van der Waals surface area contributed by atoms with Gasteiger partial charge < -0.3 is 5.32 Å². The van der Waals surface area contributed by atoms with E-state index in [1.807, 2.05) is 18.2 Å². The molecule has 0 bridgehead atoms. The van der Waals surface area contributed by atoms with Crippen molar-refractivity contribution in [2.75, 3.05) is 5.32 Å². The fourth-order valence-corrected chi connectivity index (χ4v) is 2.87. The number of hydrogen-bond acceptors (Lipinski definition) is 3. The van der Waals surface area contributed by atoms with Crippen LogP contribution in [0.5, 0.6) is 0 Å². The first-order valence-corrected chi connectivity index (χ1v) is 8.33. The van der Waals surface area contributed by atoms with Crippen LogP contribution < -0.4 is 5.32 Å². The Morgan fingerprint density at radius 3 is 2.32 bits per heavy atom. The van der Waals surface area contributed by atoms with Crippen molar-refractivity contribution in [3.05, 3.63) is 77.1 Å². The summed E-state index contributed by atoms with van der Waals surface area (Å²) in [7, 11) is 0. The molecule has 1 amide bonds. The van der Waals surface area contributed by atoms with Crippen molar-refractivity contribution in [1.82, 2.24) is 9.78 Å². The number of Topliss-reactive ketones (excluding diaryl/α,β-unsaturated/α-hetero) is 1. The van der Waals surface area contributed by atoms with E-state index >= 15 is 0 Å². The minimum Gasteiger partial charge on any atom is -0.319 e. The van der Waals surface area contributed by atoms with Crippen molar-refractivity contribution in [1.29, 1.82) is 0 Å². The van der Waals surface area contributed by atoms with Crippen LogP contribution >= 0.6 is 0 Å². The van der Waals surface area contributed by atoms with Gasteiger partial charge in [-0.2, -0.15) is 18.3 Å². The molecule has 2 aromatic carbocycles. The lowest BCUT2D eigenvalue weighted by Crippen LogP contribution is -2.24. The molecule has 3 rings (SSSR count). The number of ketones is 1. The molecule has 0 aliphatic heterocycles. The molecule has 0 saturated heterocycles. The van der Waals surface area contributed by atoms with E-state index in [-0.39, 0.29) is 11.3 Å². The lowest BCUT2D eigenvalue weighted by atomic mass is 10.1. The molecular weight excluding hydrogens is 371 g/mol. The summed E-state index contributed by atoms with van der Waals surface area (Å²) in [5.41, 5.74) is 0.633. The van der Waals surface area contributed by atoms with E-state index in [0.717, 1.165) is 23.9 Å². The monoisotopic (exact) mass is 387 g/mol. The Bertz CT molecular complexity index is 1040. The van der Waals surface area contributed by atoms with E-state index in [0.29, 0.717) is 11.4 Å². The molecule has 1 aromatic heterocycles. The van der Waals surface area contributed by atoms with E-state index < -0.39 is 23.4 Å². The number of halogens is 3. The van der Waals surface area contributed by atoms with Gasteiger partial charge in [0.25, 0.3) is 11.7 Å². The topological polar surface area (TPSA) is 64.0 Å². The minimum absolute atomic E-state index is 0.112. The molecule has 0 fully saturated rings. The Balaban J connectivity index is 1.87. The van der Waals surface area contributed by atoms with Crippen LogP contribution in [-0.4, -0.2) is 21.5 Å². The van der Waals surface area contributed by atoms with E-state index in [2.05, 4.69) is 10.4 Å². The Hall–Kier alpha value is -3.42. The van der Waals surface area contributed by atoms with Crippen LogP contribution in [0.1, 0.15) is 27.3 Å². The smallest absolute Gasteiger partial charge is 0.319 e. The van der Waals surface area contributed by atoms with Gasteiger partial charge in [0, 0.05) is 5.69 Å². The number of carbonyl (C=O) groups excluding carboxylic acids is 2. The third kappa shape index (κ3) is 3.80. The molecule has 3 aromatic rings. The minimum atomic E-state index is -4.55. The SMILES string of the molecule is Cc1nn(-c2ccccc2)c(C)c1C(=O)C(=O)Nc1cccc(C(F)(F)F)c1. The highest BCUT2D eigenvalue weighted by molar-refractivity contribution is 6.47. The van der Waals surface area contributed by atoms with Crippen LogP contribution in [-0.2, 0) is 11.0 Å². The number of benzene rings is 2. The highest BCUT2D eigenvalue weighted by Crippen LogP contribution is 2.30. The van der Waals surface area contributed by atoms with Crippen molar-refractivity contribution < 1.29 is 22.8 Å². The molecule has 144 valence electrons. The van der Waals surface area contributed by atoms with Gasteiger partial charge in [0.15, 0.2) is 0 Å². The first-order chi connectivity index (χ1) is 13.2. The van der Waals surface area contributed by atoms with Gasteiger partial charge in [0.05, 0.1) is 28.2 Å². The molecule has 5 nitrogen and oxygen atoms in total. The molecule has 0 aliphatic rings. The number of hydrogen-bond donors (Lipinski definition) is 1. The highest BCUT2D eigenvalue weighted by atomic mass is 19.4. The van der Waals surface area contributed by atoms with Crippen LogP contribution in [0.3, 0.4) is 0 Å². The number of alkyl halides is 3. The Labute approximate surface area is 158 Å². The molecule has 0 radical (unpaired) electrons. The van der Waals surface area contributed by atoms with Crippen molar-refractivity contribution in [3.63, 3.8) is 0 Å². The van der Waals surface area contributed by atoms with Gasteiger partial charge in [-0.05, 0) is 44.2 Å². The third-order valence-corrected chi connectivity index (χ3v) is 4.17. The molecular formula is C20H16F3N3O2. The average Bonchev–Trinajstić information content (AvgIpc) is 2.95. The Kier molecular flexibility index (Phi) is 5.04. The van der Waals surface area contributed by atoms with E-state index in [9.17, 15) is 22.8 Å². The maximum absolute atomic E-state index is 12.8. The second-order valence-electron chi connectivity index (χ2n) is 6.15. The average molecular weight is 387 g/mol. The number of carbonyl (C=O) groups is 2. The fourth-order valence-electron chi connectivity index (χ4n) is 2.87. The molecule has 1 heterocycles. The summed E-state index contributed by atoms with van der Waals surface area (Å²) in [5, 5.41) is 6.54. The lowest BCUT2D eigenvalue weighted by molar-refractivity contribution is -0.137. The standard InChI is InChI=1S/C20H16F3N3O2/c1-12-17(13(2)26(25-12)16-9-4-3-5-10-16)18(27)19(28)24-15-8-6-7-14(11-15)20(21,22)23/h3-11H,1-2H3,(H,24,28). The molecule has 0 atom stereocenters. The summed E-state index contributed by atoms with van der Waals surface area (Å²) in [6, 6.07) is 13.2. The van der Waals surface area contributed by atoms with Crippen LogP contribution in [0.15, 0.2) is 54.6 Å². The molecule has 1 N–H and O–H groups in total. The van der Waals surface area contributed by atoms with Gasteiger partial charge >= 0.3 is 6.18 Å². The van der Waals surface area contributed by atoms with E-state index in [1.54, 1.807) is 30.7 Å². The molecule has 0 unspecified atom stereocenters. The molecule has 8 heteroatoms. The van der Waals surface area contributed by atoms with Crippen LogP contribution in [0, 0.1) is 13.8 Å². The van der Waals surface area contributed by atoms with Crippen molar-refractivity contribution >= 4 is 17.4 Å². The number of amides is 1. The van der Waals surface area contributed by atoms with Crippen LogP contribution in [0.2, 0.25) is 0 Å². The predicted molar refractivity (Wildman–Crippen MR) is 97.4 cm³/mol. The Morgan fingerprint density at radius 1 is 1.00 bits per heavy atom. The van der Waals surface area contributed by atoms with Gasteiger partial charge in [-0.3, -0.25) is 9.59 Å². The number of para-hydroxylation sites is 1. The van der Waals surface area contributed by atoms with Gasteiger partial charge in [0.1, 0.15) is 0 Å². The van der Waals surface area contributed by atoms with Crippen molar-refractivity contribution in [2.24, 2.45) is 0 Å². The number of anilines is 1. The van der Waals surface area contributed by atoms with E-state index in [4.69, 9.17) is 0 Å². The zero-order chi connectivity index (χ0) is 20.5. The summed E-state index contributed by atoms with van der Waals surface area (Å²) in [6.45, 7) is 3.25. The molecule has 0 saturated carbocycles. The zero-order valence-corrected chi connectivity index (χ0v) is 15.0. The second kappa shape index (κ2) is 7.30. The first-order valence-electron chi connectivity index (χ1n) is 8.33. The molecule has 0 spiro atoms. The quantitative estimate of drug-likeness (QED) is 0.535. The van der Waals surface area contributed by atoms with Gasteiger partial charge in [-0.25, -0.2) is 4.68 Å². The molecule has 0 aliphatic carbocycles. The van der Waals surface area contributed by atoms with Crippen molar-refractivity contribution in [2.45, 2.75) is 20.0 Å². The van der Waals surface area contributed by atoms with E-state index in [1.165, 1.54) is 6.07 Å². The number of nitrogens with zero attached hydrogens (tertiary/aromatic N) is 2. The second-order valence-corrected chi connectivity index (χ2v) is 6.15. The summed E-state index contributed by atoms with van der Waals surface area (Å²) < 4.78 is 40.0. The normalized spacial score (nSPS) is 11.3. The summed E-state index contributed by atoms with van der Waals surface area (Å²) in [5.74, 6) is -1.90. The third-order valence-electron chi connectivity index (χ3n) is 4.17. The van der Waals surface area contributed by atoms with Crippen LogP contribution in [0.25, 0.3) is 5.69 Å². The predicted octanol–water partition coefficient (Wildman–Crippen LogP) is 4.33. The van der Waals surface area contributed by atoms with Gasteiger partial charge in [-0.1, -0.05) is 24.3 Å². The number of aryl methyl sites for hydroxylation is 1. The van der Waals surface area contributed by atoms with Gasteiger partial charge in [-0.15, -0.1) is 0 Å². The van der Waals surface area contributed by atoms with Crippen LogP contribution in [0.4, 0.5) is 18.9 Å². The fraction of sp³-hybridized carbons (Fsp3) is 0.150. The summed E-state index contributed by atoms with van der Waals surface area (Å²) in [4.78, 5) is 25.0. The zero-order valence-electron chi connectivity index (χ0n) is 15.0. The largest absolute Gasteiger partial charge is 0.416 e.